The number of rotatable bonds is 0. The van der Waals surface area contributed by atoms with Crippen LogP contribution in [-0.2, 0) is 0 Å². The van der Waals surface area contributed by atoms with Gasteiger partial charge in [-0.15, -0.1) is 0 Å². The van der Waals surface area contributed by atoms with Crippen LogP contribution in [0.25, 0.3) is 10.2 Å². The zero-order chi connectivity index (χ0) is 9.59. The maximum Gasteiger partial charge on any atom is 0.181 e. The van der Waals surface area contributed by atoms with Crippen LogP contribution in [0.4, 0.5) is 5.13 Å². The van der Waals surface area contributed by atoms with Gasteiger partial charge < -0.3 is 5.73 Å². The third kappa shape index (κ3) is 1.34. The summed E-state index contributed by atoms with van der Waals surface area (Å²) in [6, 6.07) is 2.13. The largest absolute Gasteiger partial charge is 0.375 e. The van der Waals surface area contributed by atoms with E-state index < -0.39 is 0 Å². The van der Waals surface area contributed by atoms with Gasteiger partial charge in [-0.3, -0.25) is 0 Å². The van der Waals surface area contributed by atoms with Gasteiger partial charge in [-0.05, 0) is 47.0 Å². The Labute approximate surface area is 88.9 Å². The van der Waals surface area contributed by atoms with Crippen LogP contribution in [0.3, 0.4) is 0 Å². The van der Waals surface area contributed by atoms with Gasteiger partial charge in [0.2, 0.25) is 0 Å². The molecule has 2 aromatic rings. The van der Waals surface area contributed by atoms with E-state index in [9.17, 15) is 0 Å². The van der Waals surface area contributed by atoms with Crippen molar-refractivity contribution in [2.45, 2.75) is 13.8 Å². The Morgan fingerprint density at radius 1 is 1.46 bits per heavy atom. The Balaban J connectivity index is 2.92. The average Bonchev–Trinajstić information content (AvgIpc) is 2.42. The molecule has 0 amide bonds. The quantitative estimate of drug-likeness (QED) is 0.786. The smallest absolute Gasteiger partial charge is 0.181 e. The van der Waals surface area contributed by atoms with Crippen LogP contribution >= 0.6 is 27.3 Å². The summed E-state index contributed by atoms with van der Waals surface area (Å²) in [7, 11) is 0. The molecule has 2 rings (SSSR count). The van der Waals surface area contributed by atoms with E-state index in [1.54, 1.807) is 0 Å². The lowest BCUT2D eigenvalue weighted by Crippen LogP contribution is -1.84. The number of hydrogen-bond acceptors (Lipinski definition) is 3. The standard InChI is InChI=1S/C9H9BrN2S/c1-4-3-6-8(7(10)5(4)2)12-9(11)13-6/h3H,1-2H3,(H2,11,12). The van der Waals surface area contributed by atoms with Crippen molar-refractivity contribution in [3.05, 3.63) is 21.7 Å². The predicted molar refractivity (Wildman–Crippen MR) is 61.2 cm³/mol. The molecule has 0 aliphatic rings. The molecule has 13 heavy (non-hydrogen) atoms. The summed E-state index contributed by atoms with van der Waals surface area (Å²) in [4.78, 5) is 4.26. The summed E-state index contributed by atoms with van der Waals surface area (Å²) < 4.78 is 2.21. The van der Waals surface area contributed by atoms with Gasteiger partial charge >= 0.3 is 0 Å². The molecule has 0 saturated heterocycles. The lowest BCUT2D eigenvalue weighted by atomic mass is 10.1. The molecule has 0 aliphatic carbocycles. The van der Waals surface area contributed by atoms with Crippen LogP contribution in [-0.4, -0.2) is 4.98 Å². The first kappa shape index (κ1) is 8.97. The van der Waals surface area contributed by atoms with E-state index in [0.29, 0.717) is 5.13 Å². The number of halogens is 1. The molecule has 2 N–H and O–H groups in total. The summed E-state index contributed by atoms with van der Waals surface area (Å²) in [5.74, 6) is 0. The monoisotopic (exact) mass is 256 g/mol. The van der Waals surface area contributed by atoms with E-state index in [-0.39, 0.29) is 0 Å². The first-order valence-corrected chi connectivity index (χ1v) is 5.52. The fourth-order valence-corrected chi connectivity index (χ4v) is 2.85. The summed E-state index contributed by atoms with van der Waals surface area (Å²) in [6.45, 7) is 4.17. The summed E-state index contributed by atoms with van der Waals surface area (Å²) in [6.07, 6.45) is 0. The number of thiazole rings is 1. The number of benzene rings is 1. The van der Waals surface area contributed by atoms with Crippen molar-refractivity contribution in [2.24, 2.45) is 0 Å². The van der Waals surface area contributed by atoms with E-state index in [0.717, 1.165) is 14.7 Å². The highest BCUT2D eigenvalue weighted by molar-refractivity contribution is 9.10. The van der Waals surface area contributed by atoms with Gasteiger partial charge in [0.15, 0.2) is 5.13 Å². The highest BCUT2D eigenvalue weighted by Gasteiger charge is 2.09. The van der Waals surface area contributed by atoms with E-state index >= 15 is 0 Å². The van der Waals surface area contributed by atoms with Crippen LogP contribution in [0.2, 0.25) is 0 Å². The van der Waals surface area contributed by atoms with Crippen molar-refractivity contribution in [1.82, 2.24) is 4.98 Å². The highest BCUT2D eigenvalue weighted by atomic mass is 79.9. The zero-order valence-corrected chi connectivity index (χ0v) is 9.79. The lowest BCUT2D eigenvalue weighted by molar-refractivity contribution is 1.33. The van der Waals surface area contributed by atoms with Gasteiger partial charge in [0.1, 0.15) is 0 Å². The second kappa shape index (κ2) is 2.96. The Hall–Kier alpha value is -0.610. The molecule has 1 aromatic carbocycles. The molecule has 0 unspecified atom stereocenters. The molecular formula is C9H9BrN2S. The van der Waals surface area contributed by atoms with Crippen molar-refractivity contribution in [3.63, 3.8) is 0 Å². The minimum absolute atomic E-state index is 0.626. The molecule has 0 fully saturated rings. The number of fused-ring (bicyclic) bond motifs is 1. The number of aromatic nitrogens is 1. The van der Waals surface area contributed by atoms with Crippen LogP contribution in [0.1, 0.15) is 11.1 Å². The maximum atomic E-state index is 5.65. The third-order valence-electron chi connectivity index (χ3n) is 2.15. The molecule has 4 heteroatoms. The van der Waals surface area contributed by atoms with Crippen LogP contribution < -0.4 is 5.73 Å². The molecular weight excluding hydrogens is 248 g/mol. The second-order valence-corrected chi connectivity index (χ2v) is 4.89. The lowest BCUT2D eigenvalue weighted by Gasteiger charge is -2.02. The fraction of sp³-hybridized carbons (Fsp3) is 0.222. The van der Waals surface area contributed by atoms with Gasteiger partial charge in [0.05, 0.1) is 10.2 Å². The molecule has 2 nitrogen and oxygen atoms in total. The minimum atomic E-state index is 0.626. The van der Waals surface area contributed by atoms with Crippen molar-refractivity contribution < 1.29 is 0 Å². The number of nitrogen functional groups attached to an aromatic ring is 1. The van der Waals surface area contributed by atoms with E-state index in [1.807, 2.05) is 0 Å². The molecule has 0 bridgehead atoms. The number of hydrogen-bond donors (Lipinski definition) is 1. The Morgan fingerprint density at radius 3 is 2.85 bits per heavy atom. The van der Waals surface area contributed by atoms with Crippen molar-refractivity contribution in [1.29, 1.82) is 0 Å². The van der Waals surface area contributed by atoms with E-state index in [4.69, 9.17) is 5.73 Å². The summed E-state index contributed by atoms with van der Waals surface area (Å²) >= 11 is 5.06. The molecule has 68 valence electrons. The number of nitrogens with zero attached hydrogens (tertiary/aromatic N) is 1. The van der Waals surface area contributed by atoms with Crippen LogP contribution in [0.5, 0.6) is 0 Å². The molecule has 0 spiro atoms. The number of aryl methyl sites for hydroxylation is 1. The van der Waals surface area contributed by atoms with Gasteiger partial charge in [-0.25, -0.2) is 4.98 Å². The zero-order valence-electron chi connectivity index (χ0n) is 7.39. The summed E-state index contributed by atoms with van der Waals surface area (Å²) in [5.41, 5.74) is 9.12. The number of anilines is 1. The van der Waals surface area contributed by atoms with Crippen molar-refractivity contribution >= 4 is 42.6 Å². The van der Waals surface area contributed by atoms with Gasteiger partial charge in [-0.2, -0.15) is 0 Å². The first-order valence-electron chi connectivity index (χ1n) is 3.91. The van der Waals surface area contributed by atoms with E-state index in [1.165, 1.54) is 22.5 Å². The van der Waals surface area contributed by atoms with Crippen molar-refractivity contribution in [2.75, 3.05) is 5.73 Å². The normalized spacial score (nSPS) is 11.0. The number of nitrogens with two attached hydrogens (primary N) is 1. The Bertz CT molecular complexity index is 476. The molecule has 0 aliphatic heterocycles. The van der Waals surface area contributed by atoms with Gasteiger partial charge in [-0.1, -0.05) is 11.3 Å². The Morgan fingerprint density at radius 2 is 2.15 bits per heavy atom. The van der Waals surface area contributed by atoms with Crippen LogP contribution in [0.15, 0.2) is 10.5 Å². The SMILES string of the molecule is Cc1cc2sc(N)nc2c(Br)c1C. The summed E-state index contributed by atoms with van der Waals surface area (Å²) in [5, 5.41) is 0.626. The predicted octanol–water partition coefficient (Wildman–Crippen LogP) is 3.26. The Kier molecular flexibility index (Phi) is 2.04. The average molecular weight is 257 g/mol. The minimum Gasteiger partial charge on any atom is -0.375 e. The van der Waals surface area contributed by atoms with Crippen molar-refractivity contribution in [3.8, 4) is 0 Å². The first-order chi connectivity index (χ1) is 6.09. The topological polar surface area (TPSA) is 38.9 Å². The third-order valence-corrected chi connectivity index (χ3v) is 3.95. The molecule has 1 aromatic heterocycles. The molecule has 0 saturated carbocycles. The molecule has 0 radical (unpaired) electrons. The molecule has 1 heterocycles. The van der Waals surface area contributed by atoms with Crippen LogP contribution in [0, 0.1) is 13.8 Å². The maximum absolute atomic E-state index is 5.65. The fourth-order valence-electron chi connectivity index (χ4n) is 1.26. The second-order valence-electron chi connectivity index (χ2n) is 3.03. The molecule has 0 atom stereocenters. The van der Waals surface area contributed by atoms with Gasteiger partial charge in [0, 0.05) is 4.47 Å². The highest BCUT2D eigenvalue weighted by Crippen LogP contribution is 2.33. The van der Waals surface area contributed by atoms with Gasteiger partial charge in [0.25, 0.3) is 0 Å². The van der Waals surface area contributed by atoms with E-state index in [2.05, 4.69) is 40.8 Å².